The van der Waals surface area contributed by atoms with E-state index < -0.39 is 23.9 Å². The first kappa shape index (κ1) is 36.3. The molecule has 0 aromatic rings. The summed E-state index contributed by atoms with van der Waals surface area (Å²) in [5, 5.41) is 41.0. The van der Waals surface area contributed by atoms with Crippen LogP contribution in [0.3, 0.4) is 0 Å². The second-order valence-corrected chi connectivity index (χ2v) is 10.6. The molecule has 4 aliphatic rings. The van der Waals surface area contributed by atoms with Gasteiger partial charge in [-0.25, -0.2) is 0 Å². The fraction of sp³-hybridized carbons (Fsp3) is 0.857. The van der Waals surface area contributed by atoms with Crippen molar-refractivity contribution in [1.29, 1.82) is 0 Å². The quantitative estimate of drug-likeness (QED) is 0.441. The molecule has 37 heavy (non-hydrogen) atoms. The minimum absolute atomic E-state index is 0. The van der Waals surface area contributed by atoms with Crippen LogP contribution in [0.4, 0.5) is 0 Å². The maximum atomic E-state index is 10.2. The molecule has 4 aliphatic carbocycles. The molecule has 0 atom stereocenters. The summed E-state index contributed by atoms with van der Waals surface area (Å²) in [4.78, 5) is 41.0. The van der Waals surface area contributed by atoms with Crippen molar-refractivity contribution in [2.45, 2.75) is 128 Å². The standard InChI is InChI=1S/4C7H12O2.Ce/c4*8-7(9)6-4-2-1-3-5-6;/h4*6H,1-5H2,(H,8,9);/q;;;;+4/p-4. The molecule has 0 amide bonds. The Balaban J connectivity index is 0.000000463. The van der Waals surface area contributed by atoms with Gasteiger partial charge in [0.1, 0.15) is 0 Å². The van der Waals surface area contributed by atoms with E-state index in [0.29, 0.717) is 0 Å². The van der Waals surface area contributed by atoms with Crippen molar-refractivity contribution in [3.05, 3.63) is 0 Å². The van der Waals surface area contributed by atoms with Gasteiger partial charge in [0, 0.05) is 23.9 Å². The topological polar surface area (TPSA) is 161 Å². The van der Waals surface area contributed by atoms with Gasteiger partial charge >= 0.3 is 41.7 Å². The van der Waals surface area contributed by atoms with Crippen molar-refractivity contribution < 1.29 is 81.4 Å². The third kappa shape index (κ3) is 17.5. The fourth-order valence-electron chi connectivity index (χ4n) is 5.35. The third-order valence-electron chi connectivity index (χ3n) is 7.75. The maximum Gasteiger partial charge on any atom is 4.00 e. The molecule has 0 radical (unpaired) electrons. The van der Waals surface area contributed by atoms with E-state index >= 15 is 0 Å². The van der Waals surface area contributed by atoms with Crippen molar-refractivity contribution >= 4 is 23.9 Å². The zero-order valence-corrected chi connectivity index (χ0v) is 25.4. The van der Waals surface area contributed by atoms with Gasteiger partial charge in [0.05, 0.1) is 0 Å². The summed E-state index contributed by atoms with van der Waals surface area (Å²) in [6.07, 6.45) is 20.0. The molecule has 4 fully saturated rings. The summed E-state index contributed by atoms with van der Waals surface area (Å²) in [5.41, 5.74) is 0. The maximum absolute atomic E-state index is 10.2. The largest absolute Gasteiger partial charge is 4.00 e. The minimum Gasteiger partial charge on any atom is -0.550 e. The number of carbonyl (C=O) groups is 4. The van der Waals surface area contributed by atoms with Crippen molar-refractivity contribution in [2.75, 3.05) is 0 Å². The molecule has 0 unspecified atom stereocenters. The van der Waals surface area contributed by atoms with Gasteiger partial charge in [-0.1, -0.05) is 77.0 Å². The van der Waals surface area contributed by atoms with Crippen LogP contribution in [0, 0.1) is 65.4 Å². The predicted octanol–water partition coefficient (Wildman–Crippen LogP) is 1.27. The van der Waals surface area contributed by atoms with Crippen molar-refractivity contribution in [2.24, 2.45) is 23.7 Å². The van der Waals surface area contributed by atoms with Crippen molar-refractivity contribution in [3.63, 3.8) is 0 Å². The van der Waals surface area contributed by atoms with Crippen LogP contribution in [0.1, 0.15) is 128 Å². The molecule has 0 saturated heterocycles. The van der Waals surface area contributed by atoms with Gasteiger partial charge in [0.2, 0.25) is 0 Å². The van der Waals surface area contributed by atoms with Crippen LogP contribution in [0.25, 0.3) is 0 Å². The van der Waals surface area contributed by atoms with E-state index in [2.05, 4.69) is 0 Å². The van der Waals surface area contributed by atoms with Gasteiger partial charge in [-0.15, -0.1) is 0 Å². The van der Waals surface area contributed by atoms with Crippen LogP contribution in [-0.4, -0.2) is 23.9 Å². The Kier molecular flexibility index (Phi) is 21.7. The molecule has 4 rings (SSSR count). The molecular formula is C28H44CeO8. The molecule has 8 nitrogen and oxygen atoms in total. The van der Waals surface area contributed by atoms with Gasteiger partial charge < -0.3 is 39.6 Å². The minimum atomic E-state index is -0.852. The molecule has 208 valence electrons. The normalized spacial score (nSPS) is 21.2. The first-order chi connectivity index (χ1) is 17.2. The molecule has 0 spiro atoms. The fourth-order valence-corrected chi connectivity index (χ4v) is 5.35. The number of aliphatic carboxylic acids is 4. The third-order valence-corrected chi connectivity index (χ3v) is 7.75. The van der Waals surface area contributed by atoms with Gasteiger partial charge in [-0.3, -0.25) is 0 Å². The molecule has 0 N–H and O–H groups in total. The molecule has 0 aromatic carbocycles. The summed E-state index contributed by atoms with van der Waals surface area (Å²) in [6, 6.07) is 0. The van der Waals surface area contributed by atoms with Gasteiger partial charge in [0.15, 0.2) is 0 Å². The Bertz CT molecular complexity index is 533. The number of rotatable bonds is 4. The zero-order valence-electron chi connectivity index (χ0n) is 22.2. The van der Waals surface area contributed by atoms with Gasteiger partial charge in [-0.2, -0.15) is 0 Å². The van der Waals surface area contributed by atoms with E-state index in [1.165, 1.54) is 25.7 Å². The van der Waals surface area contributed by atoms with Crippen LogP contribution >= 0.6 is 0 Å². The number of carboxylic acid groups (broad SMARTS) is 4. The Morgan fingerprint density at radius 1 is 0.324 bits per heavy atom. The van der Waals surface area contributed by atoms with Gasteiger partial charge in [0.25, 0.3) is 0 Å². The average molecular weight is 649 g/mol. The van der Waals surface area contributed by atoms with Crippen molar-refractivity contribution in [1.82, 2.24) is 0 Å². The molecule has 0 aromatic heterocycles. The Labute approximate surface area is 255 Å². The van der Waals surface area contributed by atoms with E-state index in [9.17, 15) is 39.6 Å². The molecule has 0 bridgehead atoms. The number of hydrogen-bond donors (Lipinski definition) is 0. The van der Waals surface area contributed by atoms with Gasteiger partial charge in [-0.05, 0) is 75.0 Å². The predicted molar refractivity (Wildman–Crippen MR) is 126 cm³/mol. The SMILES string of the molecule is O=C([O-])C1CCCCC1.O=C([O-])C1CCCCC1.O=C([O-])C1CCCCC1.O=C([O-])C1CCCCC1.[Ce+4]. The van der Waals surface area contributed by atoms with E-state index in [1.807, 2.05) is 0 Å². The molecule has 0 aliphatic heterocycles. The molecule has 4 saturated carbocycles. The van der Waals surface area contributed by atoms with Crippen LogP contribution < -0.4 is 20.4 Å². The summed E-state index contributed by atoms with van der Waals surface area (Å²) in [5.74, 6) is -3.97. The summed E-state index contributed by atoms with van der Waals surface area (Å²) < 4.78 is 0. The monoisotopic (exact) mass is 648 g/mol. The van der Waals surface area contributed by atoms with Crippen LogP contribution in [0.2, 0.25) is 0 Å². The van der Waals surface area contributed by atoms with E-state index in [0.717, 1.165) is 103 Å². The number of carbonyl (C=O) groups excluding carboxylic acids is 4. The number of hydrogen-bond acceptors (Lipinski definition) is 8. The second-order valence-electron chi connectivity index (χ2n) is 10.6. The summed E-state index contributed by atoms with van der Waals surface area (Å²) in [7, 11) is 0. The van der Waals surface area contributed by atoms with E-state index in [4.69, 9.17) is 0 Å². The molecular weight excluding hydrogens is 604 g/mol. The zero-order chi connectivity index (χ0) is 26.8. The molecule has 0 heterocycles. The Morgan fingerprint density at radius 2 is 0.459 bits per heavy atom. The first-order valence-electron chi connectivity index (χ1n) is 14.1. The number of carboxylic acids is 4. The van der Waals surface area contributed by atoms with Crippen LogP contribution in [0.5, 0.6) is 0 Å². The Morgan fingerprint density at radius 3 is 0.541 bits per heavy atom. The van der Waals surface area contributed by atoms with E-state index in [-0.39, 0.29) is 65.4 Å². The summed E-state index contributed by atoms with van der Waals surface area (Å²) >= 11 is 0. The van der Waals surface area contributed by atoms with Crippen LogP contribution in [-0.2, 0) is 19.2 Å². The van der Waals surface area contributed by atoms with Crippen LogP contribution in [0.15, 0.2) is 0 Å². The summed E-state index contributed by atoms with van der Waals surface area (Å²) in [6.45, 7) is 0. The Hall–Kier alpha value is -0.743. The smallest absolute Gasteiger partial charge is 0.550 e. The molecule has 9 heteroatoms. The second kappa shape index (κ2) is 22.1. The van der Waals surface area contributed by atoms with Crippen molar-refractivity contribution in [3.8, 4) is 0 Å². The average Bonchev–Trinajstić information content (AvgIpc) is 2.92. The van der Waals surface area contributed by atoms with E-state index in [1.54, 1.807) is 0 Å². The first-order valence-corrected chi connectivity index (χ1v) is 14.1.